The molecule has 0 bridgehead atoms. The Morgan fingerprint density at radius 2 is 0.453 bits per heavy atom. The van der Waals surface area contributed by atoms with Gasteiger partial charge in [0.25, 0.3) is 0 Å². The second-order valence-corrected chi connectivity index (χ2v) is 33.2. The summed E-state index contributed by atoms with van der Waals surface area (Å²) in [7, 11) is -9.82. The van der Waals surface area contributed by atoms with Crippen molar-refractivity contribution in [1.82, 2.24) is 0 Å². The van der Waals surface area contributed by atoms with Crippen LogP contribution in [0.2, 0.25) is 0 Å². The monoisotopic (exact) mass is 1670 g/mol. The minimum absolute atomic E-state index is 0.0761. The fraction of sp³-hybridized carbons (Fsp3) is 0.667. The van der Waals surface area contributed by atoms with Gasteiger partial charge in [-0.15, -0.1) is 0 Å². The third-order valence-electron chi connectivity index (χ3n) is 19.1. The first kappa shape index (κ1) is 112. The van der Waals surface area contributed by atoms with Gasteiger partial charge in [0.15, 0.2) is 6.10 Å². The van der Waals surface area contributed by atoms with Gasteiger partial charge in [-0.3, -0.25) is 32.5 Å². The highest BCUT2D eigenvalue weighted by Crippen LogP contribution is 2.45. The van der Waals surface area contributed by atoms with Gasteiger partial charge >= 0.3 is 33.6 Å². The van der Waals surface area contributed by atoms with Gasteiger partial charge in [-0.05, 0) is 161 Å². The van der Waals surface area contributed by atoms with Crippen LogP contribution in [0.4, 0.5) is 0 Å². The average molecular weight is 1670 g/mol. The van der Waals surface area contributed by atoms with Crippen LogP contribution in [0.25, 0.3) is 0 Å². The molecule has 5 atom stereocenters. The van der Waals surface area contributed by atoms with Crippen molar-refractivity contribution in [2.24, 2.45) is 0 Å². The lowest BCUT2D eigenvalue weighted by Gasteiger charge is -2.21. The number of hydrogen-bond acceptors (Lipinski definition) is 14. The van der Waals surface area contributed by atoms with Gasteiger partial charge in [0.05, 0.1) is 26.4 Å². The molecular formula is C99H166O16P2. The van der Waals surface area contributed by atoms with Gasteiger partial charge in [0.2, 0.25) is 0 Å². The Labute approximate surface area is 713 Å². The van der Waals surface area contributed by atoms with Crippen LogP contribution in [-0.4, -0.2) is 95.9 Å². The largest absolute Gasteiger partial charge is 0.472 e. The van der Waals surface area contributed by atoms with Gasteiger partial charge < -0.3 is 34.2 Å². The highest BCUT2D eigenvalue weighted by atomic mass is 31.2. The van der Waals surface area contributed by atoms with Crippen molar-refractivity contribution in [3.63, 3.8) is 0 Å². The van der Waals surface area contributed by atoms with Crippen LogP contribution < -0.4 is 0 Å². The number of rotatable bonds is 86. The highest BCUT2D eigenvalue weighted by Gasteiger charge is 2.29. The van der Waals surface area contributed by atoms with Gasteiger partial charge in [-0.1, -0.05) is 370 Å². The predicted octanol–water partition coefficient (Wildman–Crippen LogP) is 28.4. The normalized spacial score (nSPS) is 14.6. The summed E-state index contributed by atoms with van der Waals surface area (Å²) in [5, 5.41) is 20.7. The standard InChI is InChI=1S/C99H166O16P2/c1-4-7-10-13-16-19-22-25-28-31-34-37-39-41-43-44-45-46-47-48-50-52-53-56-58-61-64-67-70-73-76-79-82-85-97(102)109-88-94(100)89-111-116(105,106)112-90-95(101)91-113-117(107,108)114-93-96(115-99(104)87-84-81-78-75-72-69-66-63-60-55-36-33-30-27-24-21-18-15-12-9-6-3)92-110-98(103)86-83-80-77-74-71-68-65-62-59-57-54-51-49-42-40-38-35-32-29-26-23-20-17-14-11-8-5-2/h7-8,10-11,16-21,25-30,34-38,41-43,49,54-55,57,63,66,94-96,100-101H,4-6,9,12-15,22-24,31-33,39-40,44-48,50-53,56,58-62,64-65,67-93H2,1-3H3,(H,105,106)(H,107,108)/b10-7-,11-8-,19-16-,20-17-,21-18-,28-25-,29-26-,30-27-,37-34-,38-35-,43-41-,49-42-,55-36-,57-54-,66-63-. The van der Waals surface area contributed by atoms with Crippen LogP contribution in [0.1, 0.15) is 367 Å². The van der Waals surface area contributed by atoms with Gasteiger partial charge in [-0.25, -0.2) is 9.13 Å². The van der Waals surface area contributed by atoms with E-state index >= 15 is 0 Å². The van der Waals surface area contributed by atoms with Crippen molar-refractivity contribution in [3.05, 3.63) is 182 Å². The number of phosphoric ester groups is 2. The molecule has 0 rings (SSSR count). The van der Waals surface area contributed by atoms with Gasteiger partial charge in [0, 0.05) is 19.3 Å². The van der Waals surface area contributed by atoms with E-state index in [-0.39, 0.29) is 19.3 Å². The Morgan fingerprint density at radius 1 is 0.248 bits per heavy atom. The quantitative estimate of drug-likeness (QED) is 0.0146. The number of unbranched alkanes of at least 4 members (excludes halogenated alkanes) is 33. The number of hydrogen-bond donors (Lipinski definition) is 4. The molecule has 0 saturated carbocycles. The Bertz CT molecular complexity index is 2860. The molecule has 117 heavy (non-hydrogen) atoms. The first-order valence-electron chi connectivity index (χ1n) is 46.1. The number of aliphatic hydroxyl groups excluding tert-OH is 2. The van der Waals surface area contributed by atoms with Crippen molar-refractivity contribution < 1.29 is 75.8 Å². The van der Waals surface area contributed by atoms with E-state index in [1.807, 2.05) is 0 Å². The molecule has 0 fully saturated rings. The lowest BCUT2D eigenvalue weighted by Crippen LogP contribution is -2.30. The zero-order chi connectivity index (χ0) is 85.1. The maximum atomic E-state index is 13.1. The zero-order valence-electron chi connectivity index (χ0n) is 73.6. The molecule has 0 aliphatic carbocycles. The minimum atomic E-state index is -4.95. The van der Waals surface area contributed by atoms with E-state index in [9.17, 15) is 43.5 Å². The van der Waals surface area contributed by atoms with E-state index in [0.29, 0.717) is 19.3 Å². The first-order valence-corrected chi connectivity index (χ1v) is 49.1. The molecule has 0 radical (unpaired) electrons. The summed E-state index contributed by atoms with van der Waals surface area (Å²) in [5.41, 5.74) is 0. The second kappa shape index (κ2) is 89.9. The number of phosphoric acid groups is 2. The summed E-state index contributed by atoms with van der Waals surface area (Å²) in [5.74, 6) is -1.60. The second-order valence-electron chi connectivity index (χ2n) is 30.3. The Balaban J connectivity index is 4.59. The maximum absolute atomic E-state index is 13.1. The van der Waals surface area contributed by atoms with E-state index in [1.54, 1.807) is 0 Å². The average Bonchev–Trinajstić information content (AvgIpc) is 0.894. The smallest absolute Gasteiger partial charge is 0.463 e. The van der Waals surface area contributed by atoms with Gasteiger partial charge in [-0.2, -0.15) is 0 Å². The minimum Gasteiger partial charge on any atom is -0.463 e. The van der Waals surface area contributed by atoms with Crippen LogP contribution >= 0.6 is 15.6 Å². The molecule has 0 heterocycles. The summed E-state index contributed by atoms with van der Waals surface area (Å²) in [4.78, 5) is 59.0. The molecule has 5 unspecified atom stereocenters. The molecule has 16 nitrogen and oxygen atoms in total. The zero-order valence-corrected chi connectivity index (χ0v) is 75.4. The van der Waals surface area contributed by atoms with E-state index < -0.39 is 91.5 Å². The van der Waals surface area contributed by atoms with Crippen LogP contribution in [0, 0.1) is 0 Å². The summed E-state index contributed by atoms with van der Waals surface area (Å²) in [6.07, 6.45) is 118. The topological polar surface area (TPSA) is 231 Å². The Hall–Kier alpha value is -5.35. The van der Waals surface area contributed by atoms with Crippen molar-refractivity contribution in [2.45, 2.75) is 386 Å². The fourth-order valence-corrected chi connectivity index (χ4v) is 13.8. The molecule has 0 aliphatic heterocycles. The lowest BCUT2D eigenvalue weighted by molar-refractivity contribution is -0.161. The van der Waals surface area contributed by atoms with Crippen LogP contribution in [0.3, 0.4) is 0 Å². The summed E-state index contributed by atoms with van der Waals surface area (Å²) >= 11 is 0. The highest BCUT2D eigenvalue weighted by molar-refractivity contribution is 7.47. The first-order chi connectivity index (χ1) is 57.2. The Kier molecular flexibility index (Phi) is 85.8. The number of carbonyl (C=O) groups is 3. The maximum Gasteiger partial charge on any atom is 0.472 e. The van der Waals surface area contributed by atoms with Crippen LogP contribution in [0.15, 0.2) is 182 Å². The lowest BCUT2D eigenvalue weighted by atomic mass is 10.0. The van der Waals surface area contributed by atoms with Gasteiger partial charge in [0.1, 0.15) is 25.4 Å². The SMILES string of the molecule is CC/C=C\C/C=C\C/C=C\C/C=C\C/C=C\C/C=C\CCCCCCCCCCC(=O)OCC(COP(=O)(O)OCC(O)COP(=O)(O)OCC(O)COC(=O)CCCCCCCCCCCCCCCCCCC/C=C\C/C=C\C/C=C\C/C=C\C/C=C\CC)OC(=O)CCCCCCC/C=C\C/C=C\C/C=C\C/C=C\CCCCC. The molecule has 4 N–H and O–H groups in total. The molecule has 0 saturated heterocycles. The van der Waals surface area contributed by atoms with Crippen molar-refractivity contribution in [3.8, 4) is 0 Å². The van der Waals surface area contributed by atoms with Crippen LogP contribution in [-0.2, 0) is 55.8 Å². The molecule has 668 valence electrons. The number of esters is 3. The number of carbonyl (C=O) groups excluding carboxylic acids is 3. The van der Waals surface area contributed by atoms with E-state index in [4.69, 9.17) is 32.3 Å². The molecule has 18 heteroatoms. The summed E-state index contributed by atoms with van der Waals surface area (Å²) < 4.78 is 61.5. The number of aliphatic hydroxyl groups is 2. The molecule has 0 amide bonds. The third-order valence-corrected chi connectivity index (χ3v) is 21.0. The fourth-order valence-electron chi connectivity index (χ4n) is 12.2. The molecule has 0 aromatic heterocycles. The number of ether oxygens (including phenoxy) is 3. The van der Waals surface area contributed by atoms with Crippen molar-refractivity contribution in [1.29, 1.82) is 0 Å². The predicted molar refractivity (Wildman–Crippen MR) is 491 cm³/mol. The van der Waals surface area contributed by atoms with E-state index in [1.165, 1.54) is 116 Å². The van der Waals surface area contributed by atoms with Crippen molar-refractivity contribution in [2.75, 3.05) is 39.6 Å². The Morgan fingerprint density at radius 3 is 0.718 bits per heavy atom. The van der Waals surface area contributed by atoms with E-state index in [2.05, 4.69) is 203 Å². The molecule has 0 spiro atoms. The molecular weight excluding hydrogens is 1510 g/mol. The van der Waals surface area contributed by atoms with Crippen LogP contribution in [0.5, 0.6) is 0 Å². The van der Waals surface area contributed by atoms with Crippen molar-refractivity contribution >= 4 is 33.6 Å². The molecule has 0 aliphatic rings. The molecule has 0 aromatic carbocycles. The summed E-state index contributed by atoms with van der Waals surface area (Å²) in [6.45, 7) is 2.43. The summed E-state index contributed by atoms with van der Waals surface area (Å²) in [6, 6.07) is 0. The van der Waals surface area contributed by atoms with E-state index in [0.717, 1.165) is 193 Å². The third kappa shape index (κ3) is 91.2. The number of allylic oxidation sites excluding steroid dienone is 30. The molecule has 0 aromatic rings.